The second kappa shape index (κ2) is 9.63. The van der Waals surface area contributed by atoms with Gasteiger partial charge in [0.05, 0.1) is 0 Å². The molecule has 0 spiro atoms. The Bertz CT molecular complexity index is 343. The molecule has 134 valence electrons. The number of piperidine rings is 2. The van der Waals surface area contributed by atoms with Crippen LogP contribution in [0.15, 0.2) is 0 Å². The first-order valence-electron chi connectivity index (χ1n) is 9.68. The molecular weight excluding hydrogens is 288 g/mol. The van der Waals surface area contributed by atoms with Crippen LogP contribution in [0, 0.1) is 17.8 Å². The van der Waals surface area contributed by atoms with Crippen molar-refractivity contribution in [2.45, 2.75) is 52.9 Å². The Labute approximate surface area is 142 Å². The second-order valence-corrected chi connectivity index (χ2v) is 7.68. The summed E-state index contributed by atoms with van der Waals surface area (Å²) in [6.45, 7) is 13.3. The van der Waals surface area contributed by atoms with Crippen LogP contribution < -0.4 is 0 Å². The lowest BCUT2D eigenvalue weighted by Crippen LogP contribution is -2.41. The van der Waals surface area contributed by atoms with Crippen LogP contribution >= 0.6 is 0 Å². The minimum absolute atomic E-state index is 0.188. The highest BCUT2D eigenvalue weighted by molar-refractivity contribution is 5.77. The van der Waals surface area contributed by atoms with Crippen LogP contribution in [0.3, 0.4) is 0 Å². The van der Waals surface area contributed by atoms with Crippen LogP contribution in [0.2, 0.25) is 0 Å². The predicted molar refractivity (Wildman–Crippen MR) is 94.4 cm³/mol. The van der Waals surface area contributed by atoms with Crippen LogP contribution in [0.25, 0.3) is 0 Å². The SMILES string of the molecule is CCN1CCC(CCOCC(=O)N2CCC(C(C)C)CC2)CC1. The van der Waals surface area contributed by atoms with Gasteiger partial charge in [0.2, 0.25) is 5.91 Å². The summed E-state index contributed by atoms with van der Waals surface area (Å²) in [5.41, 5.74) is 0. The summed E-state index contributed by atoms with van der Waals surface area (Å²) >= 11 is 0. The van der Waals surface area contributed by atoms with E-state index >= 15 is 0 Å². The highest BCUT2D eigenvalue weighted by Crippen LogP contribution is 2.24. The molecule has 0 bridgehead atoms. The molecule has 2 heterocycles. The first kappa shape index (κ1) is 18.7. The lowest BCUT2D eigenvalue weighted by molar-refractivity contribution is -0.137. The molecule has 2 rings (SSSR count). The van der Waals surface area contributed by atoms with Gasteiger partial charge >= 0.3 is 0 Å². The Morgan fingerprint density at radius 1 is 1.09 bits per heavy atom. The molecule has 0 aromatic carbocycles. The van der Waals surface area contributed by atoms with Gasteiger partial charge in [-0.3, -0.25) is 4.79 Å². The topological polar surface area (TPSA) is 32.8 Å². The van der Waals surface area contributed by atoms with Crippen LogP contribution in [-0.2, 0) is 9.53 Å². The molecule has 0 aliphatic carbocycles. The normalized spacial score (nSPS) is 22.0. The summed E-state index contributed by atoms with van der Waals surface area (Å²) in [6, 6.07) is 0. The monoisotopic (exact) mass is 324 g/mol. The van der Waals surface area contributed by atoms with Gasteiger partial charge in [-0.1, -0.05) is 20.8 Å². The Morgan fingerprint density at radius 3 is 2.30 bits per heavy atom. The molecular formula is C19H36N2O2. The number of rotatable bonds is 7. The maximum Gasteiger partial charge on any atom is 0.248 e. The van der Waals surface area contributed by atoms with E-state index in [1.807, 2.05) is 4.90 Å². The summed E-state index contributed by atoms with van der Waals surface area (Å²) in [7, 11) is 0. The number of carbonyl (C=O) groups is 1. The predicted octanol–water partition coefficient (Wildman–Crippen LogP) is 3.02. The first-order valence-corrected chi connectivity index (χ1v) is 9.68. The van der Waals surface area contributed by atoms with E-state index in [1.54, 1.807) is 0 Å². The highest BCUT2D eigenvalue weighted by Gasteiger charge is 2.24. The molecule has 0 aromatic rings. The van der Waals surface area contributed by atoms with Crippen molar-refractivity contribution in [1.82, 2.24) is 9.80 Å². The van der Waals surface area contributed by atoms with Gasteiger partial charge in [-0.25, -0.2) is 0 Å². The van der Waals surface area contributed by atoms with Gasteiger partial charge in [0.25, 0.3) is 0 Å². The molecule has 0 aromatic heterocycles. The van der Waals surface area contributed by atoms with Crippen molar-refractivity contribution >= 4 is 5.91 Å². The zero-order chi connectivity index (χ0) is 16.7. The van der Waals surface area contributed by atoms with Crippen molar-refractivity contribution in [3.8, 4) is 0 Å². The van der Waals surface area contributed by atoms with E-state index in [0.717, 1.165) is 56.7 Å². The maximum absolute atomic E-state index is 12.2. The van der Waals surface area contributed by atoms with E-state index in [1.165, 1.54) is 32.5 Å². The lowest BCUT2D eigenvalue weighted by Gasteiger charge is -2.34. The fraction of sp³-hybridized carbons (Fsp3) is 0.947. The summed E-state index contributed by atoms with van der Waals surface area (Å²) in [5, 5.41) is 0. The van der Waals surface area contributed by atoms with Gasteiger partial charge in [0, 0.05) is 19.7 Å². The van der Waals surface area contributed by atoms with E-state index in [9.17, 15) is 4.79 Å². The molecule has 4 heteroatoms. The summed E-state index contributed by atoms with van der Waals surface area (Å²) in [4.78, 5) is 16.7. The molecule has 2 fully saturated rings. The molecule has 4 nitrogen and oxygen atoms in total. The number of ether oxygens (including phenoxy) is 1. The third kappa shape index (κ3) is 6.07. The smallest absolute Gasteiger partial charge is 0.248 e. The van der Waals surface area contributed by atoms with E-state index in [2.05, 4.69) is 25.7 Å². The van der Waals surface area contributed by atoms with E-state index in [0.29, 0.717) is 0 Å². The van der Waals surface area contributed by atoms with Crippen molar-refractivity contribution in [2.75, 3.05) is 45.9 Å². The molecule has 0 N–H and O–H groups in total. The first-order chi connectivity index (χ1) is 11.1. The average molecular weight is 325 g/mol. The average Bonchev–Trinajstić information content (AvgIpc) is 2.59. The van der Waals surface area contributed by atoms with Gasteiger partial charge < -0.3 is 14.5 Å². The minimum atomic E-state index is 0.188. The van der Waals surface area contributed by atoms with Crippen molar-refractivity contribution in [2.24, 2.45) is 17.8 Å². The van der Waals surface area contributed by atoms with Gasteiger partial charge in [-0.2, -0.15) is 0 Å². The third-order valence-electron chi connectivity index (χ3n) is 5.89. The van der Waals surface area contributed by atoms with Crippen molar-refractivity contribution < 1.29 is 9.53 Å². The van der Waals surface area contributed by atoms with Gasteiger partial charge in [0.1, 0.15) is 6.61 Å². The second-order valence-electron chi connectivity index (χ2n) is 7.68. The van der Waals surface area contributed by atoms with Crippen LogP contribution in [0.1, 0.15) is 52.9 Å². The largest absolute Gasteiger partial charge is 0.372 e. The number of hydrogen-bond acceptors (Lipinski definition) is 3. The lowest BCUT2D eigenvalue weighted by atomic mass is 9.87. The Morgan fingerprint density at radius 2 is 1.74 bits per heavy atom. The minimum Gasteiger partial charge on any atom is -0.372 e. The van der Waals surface area contributed by atoms with Crippen molar-refractivity contribution in [3.63, 3.8) is 0 Å². The molecule has 0 saturated carbocycles. The number of carbonyl (C=O) groups excluding carboxylic acids is 1. The molecule has 2 aliphatic rings. The van der Waals surface area contributed by atoms with Crippen molar-refractivity contribution in [3.05, 3.63) is 0 Å². The Kier molecular flexibility index (Phi) is 7.84. The summed E-state index contributed by atoms with van der Waals surface area (Å²) in [6.07, 6.45) is 5.99. The number of hydrogen-bond donors (Lipinski definition) is 0. The fourth-order valence-electron chi connectivity index (χ4n) is 3.91. The number of likely N-dealkylation sites (tertiary alicyclic amines) is 2. The molecule has 2 aliphatic heterocycles. The molecule has 2 saturated heterocycles. The van der Waals surface area contributed by atoms with Gasteiger partial charge in [-0.05, 0) is 69.5 Å². The Hall–Kier alpha value is -0.610. The molecule has 23 heavy (non-hydrogen) atoms. The molecule has 0 radical (unpaired) electrons. The number of amides is 1. The zero-order valence-corrected chi connectivity index (χ0v) is 15.4. The van der Waals surface area contributed by atoms with Crippen LogP contribution in [0.4, 0.5) is 0 Å². The Balaban J connectivity index is 1.54. The van der Waals surface area contributed by atoms with E-state index in [4.69, 9.17) is 4.74 Å². The highest BCUT2D eigenvalue weighted by atomic mass is 16.5. The molecule has 0 unspecified atom stereocenters. The zero-order valence-electron chi connectivity index (χ0n) is 15.4. The number of nitrogens with zero attached hydrogens (tertiary/aromatic N) is 2. The van der Waals surface area contributed by atoms with E-state index < -0.39 is 0 Å². The maximum atomic E-state index is 12.2. The summed E-state index contributed by atoms with van der Waals surface area (Å²) < 4.78 is 5.67. The van der Waals surface area contributed by atoms with Gasteiger partial charge in [-0.15, -0.1) is 0 Å². The molecule has 1 amide bonds. The van der Waals surface area contributed by atoms with Crippen molar-refractivity contribution in [1.29, 1.82) is 0 Å². The van der Waals surface area contributed by atoms with Gasteiger partial charge in [0.15, 0.2) is 0 Å². The quantitative estimate of drug-likeness (QED) is 0.675. The standard InChI is InChI=1S/C19H36N2O2/c1-4-20-10-5-17(6-11-20)9-14-23-15-19(22)21-12-7-18(8-13-21)16(2)3/h16-18H,4-15H2,1-3H3. The van der Waals surface area contributed by atoms with Crippen LogP contribution in [-0.4, -0.2) is 61.6 Å². The molecule has 0 atom stereocenters. The summed E-state index contributed by atoms with van der Waals surface area (Å²) in [5.74, 6) is 2.50. The fourth-order valence-corrected chi connectivity index (χ4v) is 3.91. The van der Waals surface area contributed by atoms with Crippen LogP contribution in [0.5, 0.6) is 0 Å². The third-order valence-corrected chi connectivity index (χ3v) is 5.89. The van der Waals surface area contributed by atoms with E-state index in [-0.39, 0.29) is 12.5 Å².